The highest BCUT2D eigenvalue weighted by Crippen LogP contribution is 2.13. The number of carbonyl (C=O) groups is 2. The van der Waals surface area contributed by atoms with Crippen molar-refractivity contribution in [3.05, 3.63) is 29.6 Å². The number of hydrogen-bond acceptors (Lipinski definition) is 5. The van der Waals surface area contributed by atoms with Gasteiger partial charge in [-0.05, 0) is 32.9 Å². The van der Waals surface area contributed by atoms with Gasteiger partial charge in [-0.2, -0.15) is 0 Å². The fourth-order valence-electron chi connectivity index (χ4n) is 2.27. The van der Waals surface area contributed by atoms with Crippen LogP contribution in [0.2, 0.25) is 0 Å². The van der Waals surface area contributed by atoms with E-state index in [1.165, 1.54) is 0 Å². The number of pyridine rings is 1. The summed E-state index contributed by atoms with van der Waals surface area (Å²) in [7, 11) is 0. The van der Waals surface area contributed by atoms with Gasteiger partial charge >= 0.3 is 6.09 Å². The largest absolute Gasteiger partial charge is 0.444 e. The lowest BCUT2D eigenvalue weighted by atomic mass is 10.2. The zero-order chi connectivity index (χ0) is 17.0. The summed E-state index contributed by atoms with van der Waals surface area (Å²) in [5.74, 6) is -0.191. The molecule has 0 aromatic carbocycles. The normalized spacial score (nSPS) is 15.5. The van der Waals surface area contributed by atoms with Gasteiger partial charge in [0.15, 0.2) is 0 Å². The Morgan fingerprint density at radius 3 is 2.35 bits per heavy atom. The molecule has 0 radical (unpaired) electrons. The molecule has 7 nitrogen and oxygen atoms in total. The molecule has 1 N–H and O–H groups in total. The van der Waals surface area contributed by atoms with Gasteiger partial charge in [0.1, 0.15) is 11.3 Å². The van der Waals surface area contributed by atoms with Crippen LogP contribution < -0.4 is 0 Å². The van der Waals surface area contributed by atoms with E-state index in [1.807, 2.05) is 20.8 Å². The first-order chi connectivity index (χ1) is 10.8. The fraction of sp³-hybridized carbons (Fsp3) is 0.562. The number of piperazine rings is 1. The van der Waals surface area contributed by atoms with E-state index in [0.29, 0.717) is 37.6 Å². The van der Waals surface area contributed by atoms with Gasteiger partial charge < -0.3 is 19.6 Å². The Bertz CT molecular complexity index is 575. The van der Waals surface area contributed by atoms with Gasteiger partial charge in [0.2, 0.25) is 0 Å². The monoisotopic (exact) mass is 321 g/mol. The quantitative estimate of drug-likeness (QED) is 0.887. The molecule has 0 saturated carbocycles. The van der Waals surface area contributed by atoms with E-state index in [2.05, 4.69) is 4.98 Å². The minimum absolute atomic E-state index is 0.191. The molecule has 1 fully saturated rings. The third kappa shape index (κ3) is 4.66. The molecule has 1 saturated heterocycles. The van der Waals surface area contributed by atoms with E-state index in [0.717, 1.165) is 0 Å². The van der Waals surface area contributed by atoms with Crippen LogP contribution >= 0.6 is 0 Å². The number of aromatic nitrogens is 1. The van der Waals surface area contributed by atoms with Crippen LogP contribution in [0.25, 0.3) is 0 Å². The summed E-state index contributed by atoms with van der Waals surface area (Å²) in [5, 5.41) is 9.10. The topological polar surface area (TPSA) is 83.0 Å². The number of ether oxygens (including phenoxy) is 1. The molecular weight excluding hydrogens is 298 g/mol. The second kappa shape index (κ2) is 6.95. The van der Waals surface area contributed by atoms with Gasteiger partial charge in [-0.15, -0.1) is 0 Å². The molecule has 23 heavy (non-hydrogen) atoms. The molecule has 1 aromatic rings. The summed E-state index contributed by atoms with van der Waals surface area (Å²) in [6, 6.07) is 4.99. The maximum absolute atomic E-state index is 12.4. The number of aliphatic hydroxyl groups excluding tert-OH is 1. The zero-order valence-corrected chi connectivity index (χ0v) is 13.8. The molecule has 7 heteroatoms. The average molecular weight is 321 g/mol. The van der Waals surface area contributed by atoms with Crippen LogP contribution in [0.15, 0.2) is 18.2 Å². The van der Waals surface area contributed by atoms with Gasteiger partial charge in [-0.25, -0.2) is 9.78 Å². The SMILES string of the molecule is CC(C)(C)OC(=O)N1CCN(C(=O)c2cccc(CO)n2)CC1. The summed E-state index contributed by atoms with van der Waals surface area (Å²) in [4.78, 5) is 31.8. The molecule has 0 spiro atoms. The van der Waals surface area contributed by atoms with E-state index in [1.54, 1.807) is 28.0 Å². The van der Waals surface area contributed by atoms with Gasteiger partial charge in [-0.1, -0.05) is 6.07 Å². The molecule has 126 valence electrons. The molecule has 1 aromatic heterocycles. The lowest BCUT2D eigenvalue weighted by Crippen LogP contribution is -2.51. The van der Waals surface area contributed by atoms with E-state index in [9.17, 15) is 9.59 Å². The first kappa shape index (κ1) is 17.2. The van der Waals surface area contributed by atoms with Crippen molar-refractivity contribution in [2.75, 3.05) is 26.2 Å². The molecule has 0 unspecified atom stereocenters. The second-order valence-corrected chi connectivity index (χ2v) is 6.43. The van der Waals surface area contributed by atoms with Gasteiger partial charge in [-0.3, -0.25) is 4.79 Å². The third-order valence-corrected chi connectivity index (χ3v) is 3.41. The molecule has 0 aliphatic carbocycles. The van der Waals surface area contributed by atoms with Crippen molar-refractivity contribution < 1.29 is 19.4 Å². The molecule has 1 aliphatic heterocycles. The summed E-state index contributed by atoms with van der Waals surface area (Å²) in [6.45, 7) is 7.00. The Morgan fingerprint density at radius 2 is 1.78 bits per heavy atom. The van der Waals surface area contributed by atoms with Crippen molar-refractivity contribution >= 4 is 12.0 Å². The minimum atomic E-state index is -0.529. The van der Waals surface area contributed by atoms with E-state index in [-0.39, 0.29) is 18.6 Å². The number of amides is 2. The Kier molecular flexibility index (Phi) is 5.20. The Morgan fingerprint density at radius 1 is 1.17 bits per heavy atom. The van der Waals surface area contributed by atoms with Crippen LogP contribution in [0.3, 0.4) is 0 Å². The molecule has 0 atom stereocenters. The van der Waals surface area contributed by atoms with Crippen molar-refractivity contribution in [1.29, 1.82) is 0 Å². The van der Waals surface area contributed by atoms with Gasteiger partial charge in [0.25, 0.3) is 5.91 Å². The standard InChI is InChI=1S/C16H23N3O4/c1-16(2,3)23-15(22)19-9-7-18(8-10-19)14(21)13-6-4-5-12(11-20)17-13/h4-6,20H,7-11H2,1-3H3. The maximum atomic E-state index is 12.4. The molecule has 2 rings (SSSR count). The lowest BCUT2D eigenvalue weighted by molar-refractivity contribution is 0.0140. The zero-order valence-electron chi connectivity index (χ0n) is 13.8. The summed E-state index contributed by atoms with van der Waals surface area (Å²) >= 11 is 0. The summed E-state index contributed by atoms with van der Waals surface area (Å²) in [6.07, 6.45) is -0.356. The molecular formula is C16H23N3O4. The predicted octanol–water partition coefficient (Wildman–Crippen LogP) is 1.27. The molecule has 0 bridgehead atoms. The first-order valence-corrected chi connectivity index (χ1v) is 7.64. The Balaban J connectivity index is 1.93. The smallest absolute Gasteiger partial charge is 0.410 e. The van der Waals surface area contributed by atoms with Crippen LogP contribution in [0.4, 0.5) is 4.79 Å². The van der Waals surface area contributed by atoms with Crippen molar-refractivity contribution in [3.63, 3.8) is 0 Å². The summed E-state index contributed by atoms with van der Waals surface area (Å²) in [5.41, 5.74) is 0.240. The predicted molar refractivity (Wildman–Crippen MR) is 83.9 cm³/mol. The number of hydrogen-bond donors (Lipinski definition) is 1. The fourth-order valence-corrected chi connectivity index (χ4v) is 2.27. The number of aliphatic hydroxyl groups is 1. The number of nitrogens with zero attached hydrogens (tertiary/aromatic N) is 3. The highest BCUT2D eigenvalue weighted by Gasteiger charge is 2.28. The van der Waals surface area contributed by atoms with E-state index >= 15 is 0 Å². The lowest BCUT2D eigenvalue weighted by Gasteiger charge is -2.35. The van der Waals surface area contributed by atoms with Crippen molar-refractivity contribution in [3.8, 4) is 0 Å². The average Bonchev–Trinajstić information content (AvgIpc) is 2.53. The van der Waals surface area contributed by atoms with E-state index < -0.39 is 5.60 Å². The third-order valence-electron chi connectivity index (χ3n) is 3.41. The number of carbonyl (C=O) groups excluding carboxylic acids is 2. The second-order valence-electron chi connectivity index (χ2n) is 6.43. The van der Waals surface area contributed by atoms with Crippen LogP contribution in [0.5, 0.6) is 0 Å². The van der Waals surface area contributed by atoms with Crippen LogP contribution in [0.1, 0.15) is 37.0 Å². The van der Waals surface area contributed by atoms with Gasteiger partial charge in [0.05, 0.1) is 12.3 Å². The van der Waals surface area contributed by atoms with Crippen LogP contribution in [0, 0.1) is 0 Å². The van der Waals surface area contributed by atoms with Crippen LogP contribution in [-0.4, -0.2) is 63.7 Å². The highest BCUT2D eigenvalue weighted by molar-refractivity contribution is 5.92. The van der Waals surface area contributed by atoms with E-state index in [4.69, 9.17) is 9.84 Å². The molecule has 2 heterocycles. The Labute approximate surface area is 135 Å². The Hall–Kier alpha value is -2.15. The maximum Gasteiger partial charge on any atom is 0.410 e. The van der Waals surface area contributed by atoms with Crippen molar-refractivity contribution in [1.82, 2.24) is 14.8 Å². The van der Waals surface area contributed by atoms with Crippen LogP contribution in [-0.2, 0) is 11.3 Å². The number of rotatable bonds is 2. The van der Waals surface area contributed by atoms with Gasteiger partial charge in [0, 0.05) is 26.2 Å². The highest BCUT2D eigenvalue weighted by atomic mass is 16.6. The molecule has 1 aliphatic rings. The van der Waals surface area contributed by atoms with Crippen molar-refractivity contribution in [2.45, 2.75) is 33.0 Å². The van der Waals surface area contributed by atoms with Crippen molar-refractivity contribution in [2.24, 2.45) is 0 Å². The molecule has 2 amide bonds. The minimum Gasteiger partial charge on any atom is -0.444 e. The first-order valence-electron chi connectivity index (χ1n) is 7.64. The summed E-state index contributed by atoms with van der Waals surface area (Å²) < 4.78 is 5.33.